The first-order chi connectivity index (χ1) is 10.0. The van der Waals surface area contributed by atoms with Crippen molar-refractivity contribution in [1.82, 2.24) is 10.1 Å². The molecule has 0 saturated heterocycles. The minimum atomic E-state index is 0.214. The van der Waals surface area contributed by atoms with Gasteiger partial charge in [-0.05, 0) is 38.3 Å². The van der Waals surface area contributed by atoms with Crippen LogP contribution in [-0.2, 0) is 11.3 Å². The summed E-state index contributed by atoms with van der Waals surface area (Å²) in [5.74, 6) is 1.21. The van der Waals surface area contributed by atoms with Gasteiger partial charge in [0.05, 0.1) is 6.54 Å². The van der Waals surface area contributed by atoms with E-state index in [1.807, 2.05) is 13.1 Å². The van der Waals surface area contributed by atoms with Crippen molar-refractivity contribution in [3.05, 3.63) is 41.1 Å². The average Bonchev–Trinajstić information content (AvgIpc) is 3.21. The fourth-order valence-electron chi connectivity index (χ4n) is 2.48. The third-order valence-electron chi connectivity index (χ3n) is 3.92. The van der Waals surface area contributed by atoms with E-state index in [0.717, 1.165) is 35.4 Å². The van der Waals surface area contributed by atoms with Gasteiger partial charge in [0.15, 0.2) is 5.76 Å². The Morgan fingerprint density at radius 1 is 1.33 bits per heavy atom. The first-order valence-corrected chi connectivity index (χ1v) is 7.33. The number of amides is 1. The molecule has 1 aliphatic carbocycles. The number of aryl methyl sites for hydroxylation is 2. The molecule has 1 heterocycles. The van der Waals surface area contributed by atoms with Crippen molar-refractivity contribution in [3.63, 3.8) is 0 Å². The Bertz CT molecular complexity index is 671. The van der Waals surface area contributed by atoms with Crippen LogP contribution in [0.25, 0.3) is 11.3 Å². The van der Waals surface area contributed by atoms with E-state index in [0.29, 0.717) is 6.54 Å². The third-order valence-corrected chi connectivity index (χ3v) is 3.92. The van der Waals surface area contributed by atoms with Gasteiger partial charge < -0.3 is 9.42 Å². The summed E-state index contributed by atoms with van der Waals surface area (Å²) in [5.41, 5.74) is 4.20. The summed E-state index contributed by atoms with van der Waals surface area (Å²) in [6.45, 7) is 4.62. The van der Waals surface area contributed by atoms with Crippen molar-refractivity contribution in [1.29, 1.82) is 0 Å². The predicted octanol–water partition coefficient (Wildman–Crippen LogP) is 3.33. The zero-order valence-corrected chi connectivity index (χ0v) is 12.7. The van der Waals surface area contributed by atoms with Crippen molar-refractivity contribution in [2.24, 2.45) is 5.92 Å². The molecule has 1 aliphatic rings. The summed E-state index contributed by atoms with van der Waals surface area (Å²) in [6.07, 6.45) is 2.05. The summed E-state index contributed by atoms with van der Waals surface area (Å²) in [5, 5.41) is 4.10. The summed E-state index contributed by atoms with van der Waals surface area (Å²) >= 11 is 0. The van der Waals surface area contributed by atoms with Gasteiger partial charge >= 0.3 is 0 Å². The van der Waals surface area contributed by atoms with Gasteiger partial charge in [-0.1, -0.05) is 22.9 Å². The smallest absolute Gasteiger partial charge is 0.225 e. The second-order valence-electron chi connectivity index (χ2n) is 5.97. The average molecular weight is 284 g/mol. The monoisotopic (exact) mass is 284 g/mol. The van der Waals surface area contributed by atoms with Gasteiger partial charge in [0.2, 0.25) is 5.91 Å². The highest BCUT2D eigenvalue weighted by atomic mass is 16.5. The molecule has 1 aromatic carbocycles. The van der Waals surface area contributed by atoms with E-state index in [-0.39, 0.29) is 11.8 Å². The zero-order valence-electron chi connectivity index (χ0n) is 12.7. The molecular weight excluding hydrogens is 264 g/mol. The number of hydrogen-bond acceptors (Lipinski definition) is 3. The number of nitrogens with zero attached hydrogens (tertiary/aromatic N) is 2. The van der Waals surface area contributed by atoms with Crippen molar-refractivity contribution in [3.8, 4) is 11.3 Å². The third kappa shape index (κ3) is 2.99. The van der Waals surface area contributed by atoms with Crippen LogP contribution in [0.15, 0.2) is 28.8 Å². The highest BCUT2D eigenvalue weighted by Gasteiger charge is 2.32. The van der Waals surface area contributed by atoms with Crippen LogP contribution in [0.1, 0.15) is 29.7 Å². The van der Waals surface area contributed by atoms with Crippen LogP contribution < -0.4 is 0 Å². The first kappa shape index (κ1) is 13.9. The number of aromatic nitrogens is 1. The van der Waals surface area contributed by atoms with Gasteiger partial charge in [-0.2, -0.15) is 0 Å². The fraction of sp³-hybridized carbons (Fsp3) is 0.412. The molecule has 4 nitrogen and oxygen atoms in total. The van der Waals surface area contributed by atoms with Crippen molar-refractivity contribution >= 4 is 5.91 Å². The minimum Gasteiger partial charge on any atom is -0.356 e. The number of rotatable bonds is 4. The Kier molecular flexibility index (Phi) is 3.53. The lowest BCUT2D eigenvalue weighted by atomic mass is 10.0. The van der Waals surface area contributed by atoms with Crippen LogP contribution >= 0.6 is 0 Å². The van der Waals surface area contributed by atoms with E-state index >= 15 is 0 Å². The molecule has 0 unspecified atom stereocenters. The van der Waals surface area contributed by atoms with Crippen LogP contribution in [-0.4, -0.2) is 23.0 Å². The molecule has 0 spiro atoms. The quantitative estimate of drug-likeness (QED) is 0.865. The second-order valence-corrected chi connectivity index (χ2v) is 5.97. The van der Waals surface area contributed by atoms with Crippen molar-refractivity contribution in [2.75, 3.05) is 7.05 Å². The Balaban J connectivity index is 1.76. The molecule has 1 aromatic heterocycles. The fourth-order valence-corrected chi connectivity index (χ4v) is 2.48. The Morgan fingerprint density at radius 2 is 2.10 bits per heavy atom. The largest absolute Gasteiger partial charge is 0.356 e. The normalized spacial score (nSPS) is 14.2. The molecule has 0 radical (unpaired) electrons. The molecule has 4 heteroatoms. The van der Waals surface area contributed by atoms with Crippen LogP contribution in [0, 0.1) is 19.8 Å². The van der Waals surface area contributed by atoms with Gasteiger partial charge in [-0.25, -0.2) is 0 Å². The molecule has 21 heavy (non-hydrogen) atoms. The van der Waals surface area contributed by atoms with E-state index < -0.39 is 0 Å². The Labute approximate surface area is 124 Å². The number of hydrogen-bond donors (Lipinski definition) is 0. The molecule has 0 atom stereocenters. The van der Waals surface area contributed by atoms with Crippen LogP contribution in [0.2, 0.25) is 0 Å². The SMILES string of the molecule is Cc1ccc(C)c(-c2cc(CN(C)C(=O)C3CC3)no2)c1. The van der Waals surface area contributed by atoms with Crippen LogP contribution in [0.3, 0.4) is 0 Å². The summed E-state index contributed by atoms with van der Waals surface area (Å²) in [4.78, 5) is 13.7. The molecule has 1 amide bonds. The van der Waals surface area contributed by atoms with Crippen molar-refractivity contribution in [2.45, 2.75) is 33.2 Å². The summed E-state index contributed by atoms with van der Waals surface area (Å²) in [7, 11) is 1.83. The van der Waals surface area contributed by atoms with E-state index in [1.54, 1.807) is 4.90 Å². The summed E-state index contributed by atoms with van der Waals surface area (Å²) in [6, 6.07) is 8.19. The molecular formula is C17H20N2O2. The van der Waals surface area contributed by atoms with Crippen molar-refractivity contribution < 1.29 is 9.32 Å². The van der Waals surface area contributed by atoms with Gasteiger partial charge in [-0.15, -0.1) is 0 Å². The van der Waals surface area contributed by atoms with Crippen LogP contribution in [0.4, 0.5) is 0 Å². The number of benzene rings is 1. The second kappa shape index (κ2) is 5.35. The van der Waals surface area contributed by atoms with Gasteiger partial charge in [-0.3, -0.25) is 4.79 Å². The number of carbonyl (C=O) groups excluding carboxylic acids is 1. The van der Waals surface area contributed by atoms with Crippen LogP contribution in [0.5, 0.6) is 0 Å². The van der Waals surface area contributed by atoms with E-state index in [1.165, 1.54) is 5.56 Å². The Morgan fingerprint density at radius 3 is 2.81 bits per heavy atom. The molecule has 1 fully saturated rings. The van der Waals surface area contributed by atoms with E-state index in [9.17, 15) is 4.79 Å². The molecule has 0 bridgehead atoms. The lowest BCUT2D eigenvalue weighted by molar-refractivity contribution is -0.131. The van der Waals surface area contributed by atoms with E-state index in [4.69, 9.17) is 4.52 Å². The molecule has 1 saturated carbocycles. The molecule has 2 aromatic rings. The summed E-state index contributed by atoms with van der Waals surface area (Å²) < 4.78 is 5.46. The first-order valence-electron chi connectivity index (χ1n) is 7.33. The maximum Gasteiger partial charge on any atom is 0.225 e. The van der Waals surface area contributed by atoms with Gasteiger partial charge in [0, 0.05) is 24.6 Å². The molecule has 0 N–H and O–H groups in total. The highest BCUT2D eigenvalue weighted by molar-refractivity contribution is 5.80. The highest BCUT2D eigenvalue weighted by Crippen LogP contribution is 2.31. The topological polar surface area (TPSA) is 46.3 Å². The standard InChI is InChI=1S/C17H20N2O2/c1-11-4-5-12(2)15(8-11)16-9-14(18-21-16)10-19(3)17(20)13-6-7-13/h4-5,8-9,13H,6-7,10H2,1-3H3. The molecule has 110 valence electrons. The lowest BCUT2D eigenvalue weighted by Crippen LogP contribution is -2.27. The van der Waals surface area contributed by atoms with Gasteiger partial charge in [0.25, 0.3) is 0 Å². The van der Waals surface area contributed by atoms with E-state index in [2.05, 4.69) is 37.2 Å². The maximum atomic E-state index is 12.0. The lowest BCUT2D eigenvalue weighted by Gasteiger charge is -2.14. The Hall–Kier alpha value is -2.10. The molecule has 3 rings (SSSR count). The maximum absolute atomic E-state index is 12.0. The minimum absolute atomic E-state index is 0.214. The number of carbonyl (C=O) groups is 1. The molecule has 0 aliphatic heterocycles. The van der Waals surface area contributed by atoms with Gasteiger partial charge in [0.1, 0.15) is 5.69 Å². The predicted molar refractivity (Wildman–Crippen MR) is 80.6 cm³/mol. The zero-order chi connectivity index (χ0) is 15.0.